The van der Waals surface area contributed by atoms with E-state index in [0.717, 1.165) is 11.1 Å². The number of rotatable bonds is 8. The Morgan fingerprint density at radius 3 is 2.28 bits per heavy atom. The molecule has 1 amide bonds. The summed E-state index contributed by atoms with van der Waals surface area (Å²) in [6, 6.07) is 15.0. The van der Waals surface area contributed by atoms with Gasteiger partial charge < -0.3 is 14.7 Å². The third-order valence-corrected chi connectivity index (χ3v) is 3.92. The maximum Gasteiger partial charge on any atom is 0.341 e. The molecule has 0 unspecified atom stereocenters. The van der Waals surface area contributed by atoms with E-state index in [2.05, 4.69) is 0 Å². The molecule has 0 aliphatic heterocycles. The first-order chi connectivity index (χ1) is 12.0. The van der Waals surface area contributed by atoms with Crippen molar-refractivity contribution in [2.75, 3.05) is 19.7 Å². The van der Waals surface area contributed by atoms with E-state index in [-0.39, 0.29) is 12.5 Å². The molecule has 0 bridgehead atoms. The van der Waals surface area contributed by atoms with E-state index in [1.807, 2.05) is 56.3 Å². The average molecular weight is 341 g/mol. The number of ether oxygens (including phenoxy) is 1. The van der Waals surface area contributed by atoms with Crippen LogP contribution in [0.5, 0.6) is 5.75 Å². The Kier molecular flexibility index (Phi) is 6.57. The summed E-state index contributed by atoms with van der Waals surface area (Å²) in [5, 5.41) is 8.67. The number of hydrogen-bond donors (Lipinski definition) is 1. The zero-order valence-corrected chi connectivity index (χ0v) is 14.6. The van der Waals surface area contributed by atoms with Gasteiger partial charge in [0.1, 0.15) is 5.75 Å². The van der Waals surface area contributed by atoms with E-state index in [1.165, 1.54) is 0 Å². The van der Waals surface area contributed by atoms with Gasteiger partial charge in [-0.3, -0.25) is 4.79 Å². The predicted molar refractivity (Wildman–Crippen MR) is 96.1 cm³/mol. The summed E-state index contributed by atoms with van der Waals surface area (Å²) in [6.45, 7) is 4.97. The Labute approximate surface area is 147 Å². The minimum atomic E-state index is -1.00. The molecule has 0 aliphatic rings. The summed E-state index contributed by atoms with van der Waals surface area (Å²) in [4.78, 5) is 24.7. The molecule has 2 rings (SSSR count). The van der Waals surface area contributed by atoms with Crippen LogP contribution in [0.15, 0.2) is 48.5 Å². The van der Waals surface area contributed by atoms with Crippen LogP contribution in [-0.2, 0) is 11.2 Å². The van der Waals surface area contributed by atoms with Crippen molar-refractivity contribution in [2.45, 2.75) is 20.3 Å². The third kappa shape index (κ3) is 5.35. The summed E-state index contributed by atoms with van der Waals surface area (Å²) in [6.07, 6.45) is 0.685. The number of nitrogens with zero attached hydrogens (tertiary/aromatic N) is 1. The third-order valence-electron chi connectivity index (χ3n) is 3.92. The van der Waals surface area contributed by atoms with Crippen LogP contribution in [0.25, 0.3) is 0 Å². The Morgan fingerprint density at radius 1 is 1.00 bits per heavy atom. The lowest BCUT2D eigenvalue weighted by molar-refractivity contribution is -0.139. The Morgan fingerprint density at radius 2 is 1.68 bits per heavy atom. The van der Waals surface area contributed by atoms with Gasteiger partial charge in [0.2, 0.25) is 0 Å². The number of benzene rings is 2. The fourth-order valence-corrected chi connectivity index (χ4v) is 2.58. The van der Waals surface area contributed by atoms with E-state index in [9.17, 15) is 9.59 Å². The molecule has 132 valence electrons. The average Bonchev–Trinajstić information content (AvgIpc) is 2.62. The van der Waals surface area contributed by atoms with Crippen molar-refractivity contribution in [3.05, 3.63) is 65.2 Å². The molecular formula is C20H23NO4. The molecule has 25 heavy (non-hydrogen) atoms. The molecule has 2 aromatic rings. The molecular weight excluding hydrogens is 318 g/mol. The van der Waals surface area contributed by atoms with Crippen LogP contribution >= 0.6 is 0 Å². The second kappa shape index (κ2) is 8.87. The van der Waals surface area contributed by atoms with Crippen molar-refractivity contribution in [2.24, 2.45) is 0 Å². The molecule has 0 atom stereocenters. The van der Waals surface area contributed by atoms with Crippen molar-refractivity contribution in [3.63, 3.8) is 0 Å². The minimum Gasteiger partial charge on any atom is -0.482 e. The summed E-state index contributed by atoms with van der Waals surface area (Å²) in [5.41, 5.74) is 2.78. The Balaban J connectivity index is 2.05. The first-order valence-corrected chi connectivity index (χ1v) is 8.35. The van der Waals surface area contributed by atoms with E-state index in [4.69, 9.17) is 9.84 Å². The lowest BCUT2D eigenvalue weighted by atomic mass is 10.0. The minimum absolute atomic E-state index is 0.0422. The molecule has 1 N–H and O–H groups in total. The SMILES string of the molecule is CCN(CC)C(=O)c1ccc(Cc2cccc(OCC(=O)O)c2)cc1. The highest BCUT2D eigenvalue weighted by molar-refractivity contribution is 5.94. The molecule has 5 heteroatoms. The largest absolute Gasteiger partial charge is 0.482 e. The monoisotopic (exact) mass is 341 g/mol. The van der Waals surface area contributed by atoms with Crippen LogP contribution in [0, 0.1) is 0 Å². The molecule has 0 aliphatic carbocycles. The number of carbonyl (C=O) groups is 2. The second-order valence-electron chi connectivity index (χ2n) is 5.68. The van der Waals surface area contributed by atoms with Crippen molar-refractivity contribution in [1.29, 1.82) is 0 Å². The standard InChI is InChI=1S/C20H23NO4/c1-3-21(4-2)20(24)17-10-8-15(9-11-17)12-16-6-5-7-18(13-16)25-14-19(22)23/h5-11,13H,3-4,12,14H2,1-2H3,(H,22,23). The van der Waals surface area contributed by atoms with Crippen LogP contribution < -0.4 is 4.74 Å². The summed E-state index contributed by atoms with van der Waals surface area (Å²) >= 11 is 0. The van der Waals surface area contributed by atoms with Gasteiger partial charge in [0.25, 0.3) is 5.91 Å². The second-order valence-corrected chi connectivity index (χ2v) is 5.68. The van der Waals surface area contributed by atoms with Gasteiger partial charge in [0, 0.05) is 18.7 Å². The van der Waals surface area contributed by atoms with Gasteiger partial charge in [-0.1, -0.05) is 24.3 Å². The number of carboxylic acid groups (broad SMARTS) is 1. The van der Waals surface area contributed by atoms with E-state index < -0.39 is 5.97 Å². The fraction of sp³-hybridized carbons (Fsp3) is 0.300. The Bertz CT molecular complexity index is 721. The van der Waals surface area contributed by atoms with Crippen molar-refractivity contribution in [1.82, 2.24) is 4.90 Å². The number of aliphatic carboxylic acids is 1. The van der Waals surface area contributed by atoms with E-state index >= 15 is 0 Å². The number of hydrogen-bond acceptors (Lipinski definition) is 3. The zero-order valence-electron chi connectivity index (χ0n) is 14.6. The van der Waals surface area contributed by atoms with Gasteiger partial charge in [0.15, 0.2) is 6.61 Å². The van der Waals surface area contributed by atoms with E-state index in [1.54, 1.807) is 11.0 Å². The van der Waals surface area contributed by atoms with Gasteiger partial charge in [0.05, 0.1) is 0 Å². The lowest BCUT2D eigenvalue weighted by Crippen LogP contribution is -2.30. The smallest absolute Gasteiger partial charge is 0.341 e. The molecule has 0 saturated carbocycles. The van der Waals surface area contributed by atoms with Crippen molar-refractivity contribution in [3.8, 4) is 5.75 Å². The van der Waals surface area contributed by atoms with Crippen LogP contribution in [0.1, 0.15) is 35.3 Å². The first kappa shape index (κ1) is 18.5. The zero-order chi connectivity index (χ0) is 18.2. The summed E-state index contributed by atoms with van der Waals surface area (Å²) in [7, 11) is 0. The predicted octanol–water partition coefficient (Wildman–Crippen LogP) is 3.22. The summed E-state index contributed by atoms with van der Waals surface area (Å²) < 4.78 is 5.20. The molecule has 0 spiro atoms. The topological polar surface area (TPSA) is 66.8 Å². The normalized spacial score (nSPS) is 10.3. The molecule has 0 aromatic heterocycles. The van der Waals surface area contributed by atoms with Gasteiger partial charge in [-0.2, -0.15) is 0 Å². The highest BCUT2D eigenvalue weighted by atomic mass is 16.5. The van der Waals surface area contributed by atoms with Crippen LogP contribution in [0.4, 0.5) is 0 Å². The fourth-order valence-electron chi connectivity index (χ4n) is 2.58. The number of amides is 1. The maximum atomic E-state index is 12.3. The molecule has 2 aromatic carbocycles. The van der Waals surface area contributed by atoms with Gasteiger partial charge in [-0.15, -0.1) is 0 Å². The van der Waals surface area contributed by atoms with Gasteiger partial charge >= 0.3 is 5.97 Å². The number of carboxylic acids is 1. The van der Waals surface area contributed by atoms with Crippen molar-refractivity contribution >= 4 is 11.9 Å². The quantitative estimate of drug-likeness (QED) is 0.800. The highest BCUT2D eigenvalue weighted by Crippen LogP contribution is 2.17. The Hall–Kier alpha value is -2.82. The highest BCUT2D eigenvalue weighted by Gasteiger charge is 2.12. The van der Waals surface area contributed by atoms with Gasteiger partial charge in [-0.25, -0.2) is 4.79 Å². The maximum absolute atomic E-state index is 12.3. The lowest BCUT2D eigenvalue weighted by Gasteiger charge is -2.18. The molecule has 0 saturated heterocycles. The molecule has 0 heterocycles. The van der Waals surface area contributed by atoms with Crippen LogP contribution in [0.2, 0.25) is 0 Å². The van der Waals surface area contributed by atoms with Crippen molar-refractivity contribution < 1.29 is 19.4 Å². The first-order valence-electron chi connectivity index (χ1n) is 8.35. The van der Waals surface area contributed by atoms with Crippen LogP contribution in [0.3, 0.4) is 0 Å². The molecule has 5 nitrogen and oxygen atoms in total. The number of carbonyl (C=O) groups excluding carboxylic acids is 1. The van der Waals surface area contributed by atoms with E-state index in [0.29, 0.717) is 30.8 Å². The molecule has 0 fully saturated rings. The summed E-state index contributed by atoms with van der Waals surface area (Å²) in [5.74, 6) is -0.423. The van der Waals surface area contributed by atoms with Gasteiger partial charge in [-0.05, 0) is 55.7 Å². The van der Waals surface area contributed by atoms with Crippen LogP contribution in [-0.4, -0.2) is 41.6 Å². The molecule has 0 radical (unpaired) electrons.